The van der Waals surface area contributed by atoms with Crippen molar-refractivity contribution in [2.75, 3.05) is 11.4 Å². The van der Waals surface area contributed by atoms with E-state index in [9.17, 15) is 22.8 Å². The zero-order valence-corrected chi connectivity index (χ0v) is 16.3. The van der Waals surface area contributed by atoms with Gasteiger partial charge >= 0.3 is 5.97 Å². The van der Waals surface area contributed by atoms with Gasteiger partial charge in [-0.2, -0.15) is 0 Å². The molecule has 2 aromatic carbocycles. The Morgan fingerprint density at radius 2 is 1.76 bits per heavy atom. The Balaban J connectivity index is 1.69. The summed E-state index contributed by atoms with van der Waals surface area (Å²) in [5, 5.41) is 9.05. The number of carbonyl (C=O) groups excluding carboxylic acids is 2. The summed E-state index contributed by atoms with van der Waals surface area (Å²) in [6.07, 6.45) is -0.0954. The predicted octanol–water partition coefficient (Wildman–Crippen LogP) is 1.06. The number of aliphatic carboxylic acids is 1. The second-order valence-corrected chi connectivity index (χ2v) is 8.29. The lowest BCUT2D eigenvalue weighted by Crippen LogP contribution is -2.41. The van der Waals surface area contributed by atoms with Crippen molar-refractivity contribution in [1.82, 2.24) is 10.3 Å². The molecule has 0 radical (unpaired) electrons. The molecule has 0 bridgehead atoms. The third-order valence-corrected chi connectivity index (χ3v) is 5.89. The monoisotopic (exact) mass is 417 g/mol. The van der Waals surface area contributed by atoms with Crippen LogP contribution in [0.15, 0.2) is 53.4 Å². The fourth-order valence-corrected chi connectivity index (χ4v) is 3.83. The van der Waals surface area contributed by atoms with Crippen LogP contribution >= 0.6 is 0 Å². The highest BCUT2D eigenvalue weighted by Crippen LogP contribution is 2.26. The number of nitrogens with one attached hydrogen (secondary N) is 2. The van der Waals surface area contributed by atoms with Crippen LogP contribution in [0.3, 0.4) is 0 Å². The van der Waals surface area contributed by atoms with Crippen LogP contribution in [-0.4, -0.2) is 37.9 Å². The molecular formula is C19H19N3O6S. The largest absolute Gasteiger partial charge is 0.481 e. The summed E-state index contributed by atoms with van der Waals surface area (Å²) in [5.41, 5.74) is 3.61. The average Bonchev–Trinajstić information content (AvgIpc) is 3.09. The third-order valence-electron chi connectivity index (χ3n) is 4.62. The molecule has 0 spiro atoms. The van der Waals surface area contributed by atoms with E-state index in [1.165, 1.54) is 29.2 Å². The summed E-state index contributed by atoms with van der Waals surface area (Å²) in [6.45, 7) is 1.77. The summed E-state index contributed by atoms with van der Waals surface area (Å²) in [5.74, 6) is -2.76. The highest BCUT2D eigenvalue weighted by molar-refractivity contribution is 7.89. The molecule has 29 heavy (non-hydrogen) atoms. The number of hydrazine groups is 1. The Kier molecular flexibility index (Phi) is 5.66. The first kappa shape index (κ1) is 20.5. The lowest BCUT2D eigenvalue weighted by atomic mass is 10.1. The molecule has 9 nitrogen and oxygen atoms in total. The average molecular weight is 417 g/mol. The van der Waals surface area contributed by atoms with Crippen molar-refractivity contribution < 1.29 is 27.9 Å². The maximum absolute atomic E-state index is 12.4. The number of aryl methyl sites for hydroxylation is 1. The van der Waals surface area contributed by atoms with Gasteiger partial charge in [-0.1, -0.05) is 18.2 Å². The molecule has 1 heterocycles. The lowest BCUT2D eigenvalue weighted by Gasteiger charge is -2.16. The number of carboxylic acid groups (broad SMARTS) is 1. The predicted molar refractivity (Wildman–Crippen MR) is 104 cm³/mol. The number of sulfonamides is 1. The van der Waals surface area contributed by atoms with Crippen molar-refractivity contribution in [3.63, 3.8) is 0 Å². The van der Waals surface area contributed by atoms with Gasteiger partial charge in [0.1, 0.15) is 0 Å². The first-order valence-corrected chi connectivity index (χ1v) is 10.2. The van der Waals surface area contributed by atoms with Gasteiger partial charge in [-0.25, -0.2) is 8.42 Å². The Morgan fingerprint density at radius 3 is 2.34 bits per heavy atom. The molecular weight excluding hydrogens is 398 g/mol. The molecule has 10 heteroatoms. The van der Waals surface area contributed by atoms with Crippen molar-refractivity contribution in [2.45, 2.75) is 18.2 Å². The van der Waals surface area contributed by atoms with E-state index in [0.717, 1.165) is 0 Å². The Bertz CT molecular complexity index is 1070. The number of hydrogen-bond acceptors (Lipinski definition) is 5. The zero-order chi connectivity index (χ0) is 21.2. The van der Waals surface area contributed by atoms with E-state index in [1.54, 1.807) is 31.2 Å². The molecule has 1 aliphatic heterocycles. The second kappa shape index (κ2) is 8.02. The maximum Gasteiger partial charge on any atom is 0.308 e. The minimum absolute atomic E-state index is 0.0327. The molecule has 0 aliphatic carbocycles. The van der Waals surface area contributed by atoms with Gasteiger partial charge in [-0.3, -0.25) is 19.8 Å². The molecule has 0 aromatic heterocycles. The SMILES string of the molecule is Cc1ccccc1C(=O)NNS(=O)(=O)c1ccc(N2CC(C(=O)O)CC2=O)cc1. The molecule has 2 aromatic rings. The van der Waals surface area contributed by atoms with Gasteiger partial charge in [0.25, 0.3) is 15.9 Å². The van der Waals surface area contributed by atoms with E-state index in [4.69, 9.17) is 5.11 Å². The first-order chi connectivity index (χ1) is 13.7. The molecule has 152 valence electrons. The van der Waals surface area contributed by atoms with Crippen LogP contribution in [0, 0.1) is 12.8 Å². The van der Waals surface area contributed by atoms with Crippen LogP contribution in [0.1, 0.15) is 22.3 Å². The number of rotatable bonds is 6. The quantitative estimate of drug-likeness (QED) is 0.602. The third kappa shape index (κ3) is 4.44. The van der Waals surface area contributed by atoms with E-state index in [0.29, 0.717) is 16.8 Å². The van der Waals surface area contributed by atoms with E-state index < -0.39 is 27.8 Å². The Hall–Kier alpha value is -3.24. The van der Waals surface area contributed by atoms with Crippen LogP contribution < -0.4 is 15.2 Å². The number of carboxylic acids is 1. The van der Waals surface area contributed by atoms with Gasteiger partial charge in [0.15, 0.2) is 0 Å². The standard InChI is InChI=1S/C19H19N3O6S/c1-12-4-2-3-5-16(12)18(24)20-21-29(27,28)15-8-6-14(7-9-15)22-11-13(19(25)26)10-17(22)23/h2-9,13,21H,10-11H2,1H3,(H,20,24)(H,25,26). The number of carbonyl (C=O) groups is 3. The fourth-order valence-electron chi connectivity index (χ4n) is 3.00. The summed E-state index contributed by atoms with van der Waals surface area (Å²) < 4.78 is 24.8. The summed E-state index contributed by atoms with van der Waals surface area (Å²) >= 11 is 0. The fraction of sp³-hybridized carbons (Fsp3) is 0.211. The van der Waals surface area contributed by atoms with Gasteiger partial charge in [0, 0.05) is 24.2 Å². The smallest absolute Gasteiger partial charge is 0.308 e. The van der Waals surface area contributed by atoms with Crippen molar-refractivity contribution in [3.8, 4) is 0 Å². The molecule has 3 rings (SSSR count). The van der Waals surface area contributed by atoms with Crippen LogP contribution in [-0.2, 0) is 19.6 Å². The Labute approximate surface area is 167 Å². The number of benzene rings is 2. The van der Waals surface area contributed by atoms with Crippen LogP contribution in [0.25, 0.3) is 0 Å². The maximum atomic E-state index is 12.4. The number of anilines is 1. The molecule has 1 atom stereocenters. The number of amides is 2. The van der Waals surface area contributed by atoms with Gasteiger partial charge in [-0.05, 0) is 42.8 Å². The normalized spacial score (nSPS) is 16.7. The topological polar surface area (TPSA) is 133 Å². The van der Waals surface area contributed by atoms with Crippen molar-refractivity contribution in [3.05, 3.63) is 59.7 Å². The molecule has 1 fully saturated rings. The van der Waals surface area contributed by atoms with E-state index in [-0.39, 0.29) is 23.8 Å². The molecule has 1 aliphatic rings. The van der Waals surface area contributed by atoms with Crippen molar-refractivity contribution in [2.24, 2.45) is 5.92 Å². The molecule has 3 N–H and O–H groups in total. The van der Waals surface area contributed by atoms with Crippen molar-refractivity contribution >= 4 is 33.5 Å². The number of hydrogen-bond donors (Lipinski definition) is 3. The minimum atomic E-state index is -4.03. The summed E-state index contributed by atoms with van der Waals surface area (Å²) in [4.78, 5) is 38.4. The van der Waals surface area contributed by atoms with E-state index in [2.05, 4.69) is 5.43 Å². The van der Waals surface area contributed by atoms with E-state index in [1.807, 2.05) is 4.83 Å². The summed E-state index contributed by atoms with van der Waals surface area (Å²) in [7, 11) is -4.03. The molecule has 1 saturated heterocycles. The minimum Gasteiger partial charge on any atom is -0.481 e. The zero-order valence-electron chi connectivity index (χ0n) is 15.5. The molecule has 1 unspecified atom stereocenters. The van der Waals surface area contributed by atoms with Gasteiger partial charge in [-0.15, -0.1) is 4.83 Å². The highest BCUT2D eigenvalue weighted by Gasteiger charge is 2.35. The van der Waals surface area contributed by atoms with E-state index >= 15 is 0 Å². The van der Waals surface area contributed by atoms with Crippen molar-refractivity contribution in [1.29, 1.82) is 0 Å². The lowest BCUT2D eigenvalue weighted by molar-refractivity contribution is -0.141. The molecule has 0 saturated carbocycles. The highest BCUT2D eigenvalue weighted by atomic mass is 32.2. The van der Waals surface area contributed by atoms with Gasteiger partial charge in [0.2, 0.25) is 5.91 Å². The number of nitrogens with zero attached hydrogens (tertiary/aromatic N) is 1. The van der Waals surface area contributed by atoms with Crippen LogP contribution in [0.2, 0.25) is 0 Å². The van der Waals surface area contributed by atoms with Crippen LogP contribution in [0.4, 0.5) is 5.69 Å². The summed E-state index contributed by atoms with van der Waals surface area (Å²) in [6, 6.07) is 12.1. The first-order valence-electron chi connectivity index (χ1n) is 8.70. The second-order valence-electron chi connectivity index (χ2n) is 6.61. The van der Waals surface area contributed by atoms with Gasteiger partial charge < -0.3 is 10.0 Å². The Morgan fingerprint density at radius 1 is 1.10 bits per heavy atom. The van der Waals surface area contributed by atoms with Gasteiger partial charge in [0.05, 0.1) is 10.8 Å². The molecule has 2 amide bonds. The van der Waals surface area contributed by atoms with Crippen LogP contribution in [0.5, 0.6) is 0 Å².